The van der Waals surface area contributed by atoms with E-state index in [2.05, 4.69) is 15.3 Å². The molecule has 1 heterocycles. The van der Waals surface area contributed by atoms with Gasteiger partial charge in [-0.05, 0) is 39.3 Å². The molecular weight excluding hydrogens is 290 g/mol. The van der Waals surface area contributed by atoms with E-state index in [1.54, 1.807) is 6.20 Å². The van der Waals surface area contributed by atoms with Crippen molar-refractivity contribution in [3.05, 3.63) is 53.9 Å². The SMILES string of the molecule is Cc1ccnc(NC(Cc2ccccc2)C(=O)OC(C)(C)C)n1. The van der Waals surface area contributed by atoms with Gasteiger partial charge in [0.2, 0.25) is 5.95 Å². The molecule has 23 heavy (non-hydrogen) atoms. The summed E-state index contributed by atoms with van der Waals surface area (Å²) in [5.74, 6) is 0.114. The first-order chi connectivity index (χ1) is 10.8. The molecule has 2 rings (SSSR count). The molecule has 1 atom stereocenters. The maximum atomic E-state index is 12.5. The highest BCUT2D eigenvalue weighted by molar-refractivity contribution is 5.79. The Morgan fingerprint density at radius 3 is 2.52 bits per heavy atom. The minimum absolute atomic E-state index is 0.313. The standard InChI is InChI=1S/C18H23N3O2/c1-13-10-11-19-17(20-13)21-15(16(22)23-18(2,3)4)12-14-8-6-5-7-9-14/h5-11,15H,12H2,1-4H3,(H,19,20,21). The number of aromatic nitrogens is 2. The lowest BCUT2D eigenvalue weighted by molar-refractivity contribution is -0.155. The molecular formula is C18H23N3O2. The molecule has 122 valence electrons. The molecule has 1 unspecified atom stereocenters. The molecule has 1 aromatic heterocycles. The first-order valence-corrected chi connectivity index (χ1v) is 7.66. The Morgan fingerprint density at radius 1 is 1.22 bits per heavy atom. The van der Waals surface area contributed by atoms with Crippen LogP contribution in [0.1, 0.15) is 32.0 Å². The molecule has 1 N–H and O–H groups in total. The van der Waals surface area contributed by atoms with Crippen LogP contribution in [-0.4, -0.2) is 27.6 Å². The van der Waals surface area contributed by atoms with Gasteiger partial charge >= 0.3 is 5.97 Å². The number of aryl methyl sites for hydroxylation is 1. The van der Waals surface area contributed by atoms with E-state index in [0.717, 1.165) is 11.3 Å². The Hall–Kier alpha value is -2.43. The summed E-state index contributed by atoms with van der Waals surface area (Å²) in [4.78, 5) is 21.0. The van der Waals surface area contributed by atoms with E-state index < -0.39 is 11.6 Å². The number of hydrogen-bond donors (Lipinski definition) is 1. The molecule has 0 amide bonds. The van der Waals surface area contributed by atoms with Gasteiger partial charge in [0.1, 0.15) is 11.6 Å². The fourth-order valence-electron chi connectivity index (χ4n) is 2.09. The average Bonchev–Trinajstić information content (AvgIpc) is 2.46. The summed E-state index contributed by atoms with van der Waals surface area (Å²) in [5.41, 5.74) is 1.34. The van der Waals surface area contributed by atoms with Crippen LogP contribution in [0, 0.1) is 6.92 Å². The van der Waals surface area contributed by atoms with Crippen molar-refractivity contribution >= 4 is 11.9 Å². The number of carbonyl (C=O) groups is 1. The van der Waals surface area contributed by atoms with E-state index in [1.165, 1.54) is 0 Å². The van der Waals surface area contributed by atoms with Crippen molar-refractivity contribution in [2.75, 3.05) is 5.32 Å². The summed E-state index contributed by atoms with van der Waals surface area (Å²) in [6, 6.07) is 11.1. The Balaban J connectivity index is 2.18. The minimum atomic E-state index is -0.543. The van der Waals surface area contributed by atoms with Crippen molar-refractivity contribution < 1.29 is 9.53 Å². The van der Waals surface area contributed by atoms with Crippen molar-refractivity contribution in [1.82, 2.24) is 9.97 Å². The van der Waals surface area contributed by atoms with Crippen LogP contribution in [0.15, 0.2) is 42.6 Å². The van der Waals surface area contributed by atoms with Gasteiger partial charge in [-0.3, -0.25) is 0 Å². The number of esters is 1. The average molecular weight is 313 g/mol. The van der Waals surface area contributed by atoms with Crippen LogP contribution in [-0.2, 0) is 16.0 Å². The predicted molar refractivity (Wildman–Crippen MR) is 90.2 cm³/mol. The Labute approximate surface area is 137 Å². The topological polar surface area (TPSA) is 64.1 Å². The number of hydrogen-bond acceptors (Lipinski definition) is 5. The van der Waals surface area contributed by atoms with E-state index >= 15 is 0 Å². The summed E-state index contributed by atoms with van der Waals surface area (Å²) in [6.07, 6.45) is 2.17. The molecule has 0 aliphatic carbocycles. The lowest BCUT2D eigenvalue weighted by atomic mass is 10.1. The fourth-order valence-corrected chi connectivity index (χ4v) is 2.09. The normalized spacial score (nSPS) is 12.5. The van der Waals surface area contributed by atoms with Gasteiger partial charge in [0.15, 0.2) is 0 Å². The molecule has 0 spiro atoms. The quantitative estimate of drug-likeness (QED) is 0.859. The Bertz CT molecular complexity index is 651. The minimum Gasteiger partial charge on any atom is -0.458 e. The summed E-state index contributed by atoms with van der Waals surface area (Å²) >= 11 is 0. The number of carbonyl (C=O) groups excluding carboxylic acids is 1. The summed E-state index contributed by atoms with van der Waals surface area (Å²) in [5, 5.41) is 3.09. The van der Waals surface area contributed by atoms with Crippen LogP contribution in [0.4, 0.5) is 5.95 Å². The van der Waals surface area contributed by atoms with Crippen LogP contribution in [0.3, 0.4) is 0 Å². The van der Waals surface area contributed by atoms with Crippen molar-refractivity contribution in [2.24, 2.45) is 0 Å². The van der Waals surface area contributed by atoms with E-state index in [0.29, 0.717) is 12.4 Å². The van der Waals surface area contributed by atoms with Crippen LogP contribution in [0.2, 0.25) is 0 Å². The molecule has 0 fully saturated rings. The largest absolute Gasteiger partial charge is 0.458 e. The Morgan fingerprint density at radius 2 is 1.91 bits per heavy atom. The first kappa shape index (κ1) is 16.9. The first-order valence-electron chi connectivity index (χ1n) is 7.66. The molecule has 5 heteroatoms. The number of ether oxygens (including phenoxy) is 1. The summed E-state index contributed by atoms with van der Waals surface area (Å²) in [6.45, 7) is 7.45. The van der Waals surface area contributed by atoms with E-state index in [9.17, 15) is 4.79 Å². The summed E-state index contributed by atoms with van der Waals surface area (Å²) in [7, 11) is 0. The molecule has 0 aliphatic rings. The zero-order valence-corrected chi connectivity index (χ0v) is 14.0. The van der Waals surface area contributed by atoms with Crippen LogP contribution in [0.5, 0.6) is 0 Å². The van der Waals surface area contributed by atoms with E-state index in [-0.39, 0.29) is 5.97 Å². The van der Waals surface area contributed by atoms with Gasteiger partial charge in [-0.25, -0.2) is 14.8 Å². The fraction of sp³-hybridized carbons (Fsp3) is 0.389. The number of anilines is 1. The zero-order valence-electron chi connectivity index (χ0n) is 14.0. The lowest BCUT2D eigenvalue weighted by Crippen LogP contribution is -2.38. The smallest absolute Gasteiger partial charge is 0.329 e. The van der Waals surface area contributed by atoms with Crippen molar-refractivity contribution in [1.29, 1.82) is 0 Å². The second kappa shape index (κ2) is 7.22. The number of nitrogens with one attached hydrogen (secondary N) is 1. The van der Waals surface area contributed by atoms with Crippen LogP contribution < -0.4 is 5.32 Å². The third-order valence-electron chi connectivity index (χ3n) is 3.07. The molecule has 0 saturated carbocycles. The van der Waals surface area contributed by atoms with Crippen LogP contribution >= 0.6 is 0 Å². The molecule has 0 radical (unpaired) electrons. The van der Waals surface area contributed by atoms with Gasteiger partial charge < -0.3 is 10.1 Å². The number of benzene rings is 1. The molecule has 2 aromatic rings. The third-order valence-corrected chi connectivity index (χ3v) is 3.07. The highest BCUT2D eigenvalue weighted by Gasteiger charge is 2.26. The summed E-state index contributed by atoms with van der Waals surface area (Å²) < 4.78 is 5.52. The molecule has 5 nitrogen and oxygen atoms in total. The predicted octanol–water partition coefficient (Wildman–Crippen LogP) is 3.15. The van der Waals surface area contributed by atoms with Crippen molar-refractivity contribution in [3.63, 3.8) is 0 Å². The maximum Gasteiger partial charge on any atom is 0.329 e. The van der Waals surface area contributed by atoms with Gasteiger partial charge in [-0.15, -0.1) is 0 Å². The van der Waals surface area contributed by atoms with Crippen molar-refractivity contribution in [3.8, 4) is 0 Å². The molecule has 0 aliphatic heterocycles. The molecule has 0 bridgehead atoms. The van der Waals surface area contributed by atoms with E-state index in [1.807, 2.05) is 64.1 Å². The van der Waals surface area contributed by atoms with Gasteiger partial charge in [0.25, 0.3) is 0 Å². The third kappa shape index (κ3) is 5.70. The molecule has 0 saturated heterocycles. The van der Waals surface area contributed by atoms with Crippen molar-refractivity contribution in [2.45, 2.75) is 45.8 Å². The van der Waals surface area contributed by atoms with Gasteiger partial charge in [-0.2, -0.15) is 0 Å². The number of rotatable bonds is 5. The highest BCUT2D eigenvalue weighted by atomic mass is 16.6. The highest BCUT2D eigenvalue weighted by Crippen LogP contribution is 2.14. The monoisotopic (exact) mass is 313 g/mol. The van der Waals surface area contributed by atoms with Gasteiger partial charge in [0.05, 0.1) is 0 Å². The maximum absolute atomic E-state index is 12.5. The second-order valence-corrected chi connectivity index (χ2v) is 6.44. The Kier molecular flexibility index (Phi) is 5.32. The van der Waals surface area contributed by atoms with Gasteiger partial charge in [0, 0.05) is 18.3 Å². The molecule has 1 aromatic carbocycles. The lowest BCUT2D eigenvalue weighted by Gasteiger charge is -2.24. The number of nitrogens with zero attached hydrogens (tertiary/aromatic N) is 2. The van der Waals surface area contributed by atoms with E-state index in [4.69, 9.17) is 4.74 Å². The second-order valence-electron chi connectivity index (χ2n) is 6.44. The van der Waals surface area contributed by atoms with Crippen LogP contribution in [0.25, 0.3) is 0 Å². The zero-order chi connectivity index (χ0) is 16.9. The van der Waals surface area contributed by atoms with Gasteiger partial charge in [-0.1, -0.05) is 30.3 Å².